The lowest BCUT2D eigenvalue weighted by atomic mass is 9.91. The average Bonchev–Trinajstić information content (AvgIpc) is 2.80. The molecule has 2 saturated heterocycles. The Morgan fingerprint density at radius 3 is 2.39 bits per heavy atom. The summed E-state index contributed by atoms with van der Waals surface area (Å²) in [5.41, 5.74) is 3.99. The molecule has 0 aliphatic carbocycles. The van der Waals surface area contributed by atoms with Gasteiger partial charge in [0.2, 0.25) is 0 Å². The number of ketones is 1. The fourth-order valence-corrected chi connectivity index (χ4v) is 4.95. The number of likely N-dealkylation sites (tertiary alicyclic amines) is 1. The maximum Gasteiger partial charge on any atom is 0.133 e. The van der Waals surface area contributed by atoms with Crippen molar-refractivity contribution in [2.75, 3.05) is 51.2 Å². The van der Waals surface area contributed by atoms with Crippen LogP contribution in [-0.4, -0.2) is 61.9 Å². The molecule has 1 atom stereocenters. The van der Waals surface area contributed by atoms with Crippen LogP contribution in [0.4, 0.5) is 5.69 Å². The standard InChI is InChI=1S/C27H37N3O/c1-28-16-18-30(19-17-28)26-12-9-24(10-13-26)21-29-15-5-8-25(22-29)20-27(31)14-11-23-6-3-2-4-7-23/h2-4,6-7,9-10,12-13,25H,5,8,11,14-22H2,1H3. The van der Waals surface area contributed by atoms with Gasteiger partial charge < -0.3 is 9.80 Å². The molecular formula is C27H37N3O. The first-order chi connectivity index (χ1) is 15.2. The second-order valence-electron chi connectivity index (χ2n) is 9.43. The number of benzene rings is 2. The zero-order valence-electron chi connectivity index (χ0n) is 19.0. The summed E-state index contributed by atoms with van der Waals surface area (Å²) in [6.07, 6.45) is 4.68. The molecule has 2 aromatic rings. The van der Waals surface area contributed by atoms with Crippen LogP contribution < -0.4 is 4.90 Å². The van der Waals surface area contributed by atoms with Crippen molar-refractivity contribution in [2.45, 2.75) is 38.6 Å². The van der Waals surface area contributed by atoms with Crippen molar-refractivity contribution in [3.8, 4) is 0 Å². The normalized spacial score (nSPS) is 20.7. The third-order valence-electron chi connectivity index (χ3n) is 6.87. The second-order valence-corrected chi connectivity index (χ2v) is 9.43. The molecule has 0 spiro atoms. The lowest BCUT2D eigenvalue weighted by Gasteiger charge is -2.34. The molecule has 0 bridgehead atoms. The van der Waals surface area contributed by atoms with Gasteiger partial charge >= 0.3 is 0 Å². The Hall–Kier alpha value is -2.17. The summed E-state index contributed by atoms with van der Waals surface area (Å²) in [5.74, 6) is 0.939. The van der Waals surface area contributed by atoms with E-state index in [-0.39, 0.29) is 0 Å². The van der Waals surface area contributed by atoms with Crippen LogP contribution >= 0.6 is 0 Å². The summed E-state index contributed by atoms with van der Waals surface area (Å²) in [7, 11) is 2.20. The molecule has 2 aliphatic rings. The topological polar surface area (TPSA) is 26.8 Å². The van der Waals surface area contributed by atoms with Crippen LogP contribution in [0.5, 0.6) is 0 Å². The molecule has 4 nitrogen and oxygen atoms in total. The van der Waals surface area contributed by atoms with E-state index in [2.05, 4.69) is 70.3 Å². The summed E-state index contributed by atoms with van der Waals surface area (Å²) in [6.45, 7) is 7.70. The highest BCUT2D eigenvalue weighted by molar-refractivity contribution is 5.78. The minimum Gasteiger partial charge on any atom is -0.369 e. The fourth-order valence-electron chi connectivity index (χ4n) is 4.95. The number of piperidine rings is 1. The van der Waals surface area contributed by atoms with Gasteiger partial charge in [0.1, 0.15) is 5.78 Å². The molecule has 2 fully saturated rings. The van der Waals surface area contributed by atoms with Crippen LogP contribution in [0, 0.1) is 5.92 Å². The van der Waals surface area contributed by atoms with Gasteiger partial charge in [0.05, 0.1) is 0 Å². The van der Waals surface area contributed by atoms with Crippen molar-refractivity contribution in [1.82, 2.24) is 9.80 Å². The smallest absolute Gasteiger partial charge is 0.133 e. The molecule has 166 valence electrons. The molecule has 0 aromatic heterocycles. The Bertz CT molecular complexity index is 812. The van der Waals surface area contributed by atoms with E-state index < -0.39 is 0 Å². The number of hydrogen-bond acceptors (Lipinski definition) is 4. The summed E-state index contributed by atoms with van der Waals surface area (Å²) < 4.78 is 0. The van der Waals surface area contributed by atoms with Gasteiger partial charge in [-0.2, -0.15) is 0 Å². The van der Waals surface area contributed by atoms with E-state index in [0.717, 1.165) is 58.7 Å². The van der Waals surface area contributed by atoms with E-state index in [1.54, 1.807) is 0 Å². The molecule has 0 amide bonds. The van der Waals surface area contributed by atoms with E-state index in [0.29, 0.717) is 18.1 Å². The highest BCUT2D eigenvalue weighted by Crippen LogP contribution is 2.24. The molecule has 4 rings (SSSR count). The van der Waals surface area contributed by atoms with E-state index >= 15 is 0 Å². The molecule has 2 heterocycles. The number of carbonyl (C=O) groups is 1. The first-order valence-electron chi connectivity index (χ1n) is 12.0. The van der Waals surface area contributed by atoms with Crippen molar-refractivity contribution in [3.05, 3.63) is 65.7 Å². The Morgan fingerprint density at radius 2 is 1.65 bits per heavy atom. The van der Waals surface area contributed by atoms with Crippen molar-refractivity contribution >= 4 is 11.5 Å². The van der Waals surface area contributed by atoms with Crippen molar-refractivity contribution in [3.63, 3.8) is 0 Å². The molecule has 2 aromatic carbocycles. The Morgan fingerprint density at radius 1 is 0.903 bits per heavy atom. The summed E-state index contributed by atoms with van der Waals surface area (Å²) in [4.78, 5) is 20.0. The third-order valence-corrected chi connectivity index (χ3v) is 6.87. The number of Topliss-reactive ketones (excluding diaryl/α,β-unsaturated/α-hetero) is 1. The Balaban J connectivity index is 1.22. The van der Waals surface area contributed by atoms with Crippen molar-refractivity contribution in [2.24, 2.45) is 5.92 Å². The largest absolute Gasteiger partial charge is 0.369 e. The maximum atomic E-state index is 12.5. The summed E-state index contributed by atoms with van der Waals surface area (Å²) in [5, 5.41) is 0. The van der Waals surface area contributed by atoms with Gasteiger partial charge in [-0.3, -0.25) is 9.69 Å². The van der Waals surface area contributed by atoms with Gasteiger partial charge in [0.25, 0.3) is 0 Å². The number of hydrogen-bond donors (Lipinski definition) is 0. The number of aryl methyl sites for hydroxylation is 1. The maximum absolute atomic E-state index is 12.5. The zero-order valence-corrected chi connectivity index (χ0v) is 19.0. The number of nitrogens with zero attached hydrogens (tertiary/aromatic N) is 3. The minimum atomic E-state index is 0.423. The Labute approximate surface area is 187 Å². The first-order valence-corrected chi connectivity index (χ1v) is 12.0. The van der Waals surface area contributed by atoms with Crippen LogP contribution in [0.1, 0.15) is 36.8 Å². The lowest BCUT2D eigenvalue weighted by molar-refractivity contribution is -0.120. The molecule has 2 aliphatic heterocycles. The second kappa shape index (κ2) is 10.9. The van der Waals surface area contributed by atoms with Gasteiger partial charge in [-0.25, -0.2) is 0 Å². The van der Waals surface area contributed by atoms with Crippen LogP contribution in [-0.2, 0) is 17.8 Å². The highest BCUT2D eigenvalue weighted by atomic mass is 16.1. The van der Waals surface area contributed by atoms with E-state index in [9.17, 15) is 4.79 Å². The van der Waals surface area contributed by atoms with Crippen molar-refractivity contribution in [1.29, 1.82) is 0 Å². The predicted octanol–water partition coefficient (Wildman–Crippen LogP) is 4.24. The lowest BCUT2D eigenvalue weighted by Crippen LogP contribution is -2.44. The van der Waals surface area contributed by atoms with Crippen LogP contribution in [0.3, 0.4) is 0 Å². The predicted molar refractivity (Wildman–Crippen MR) is 129 cm³/mol. The quantitative estimate of drug-likeness (QED) is 0.639. The van der Waals surface area contributed by atoms with Crippen molar-refractivity contribution < 1.29 is 4.79 Å². The van der Waals surface area contributed by atoms with Gasteiger partial charge in [-0.15, -0.1) is 0 Å². The molecule has 31 heavy (non-hydrogen) atoms. The number of rotatable bonds is 8. The van der Waals surface area contributed by atoms with Crippen LogP contribution in [0.2, 0.25) is 0 Å². The van der Waals surface area contributed by atoms with Gasteiger partial charge in [-0.1, -0.05) is 42.5 Å². The average molecular weight is 420 g/mol. The van der Waals surface area contributed by atoms with Crippen LogP contribution in [0.25, 0.3) is 0 Å². The summed E-state index contributed by atoms with van der Waals surface area (Å²) >= 11 is 0. The molecule has 0 N–H and O–H groups in total. The number of piperazine rings is 1. The number of carbonyl (C=O) groups excluding carboxylic acids is 1. The molecule has 4 heteroatoms. The Kier molecular flexibility index (Phi) is 7.76. The van der Waals surface area contributed by atoms with Gasteiger partial charge in [0.15, 0.2) is 0 Å². The van der Waals surface area contributed by atoms with E-state index in [4.69, 9.17) is 0 Å². The fraction of sp³-hybridized carbons (Fsp3) is 0.519. The number of likely N-dealkylation sites (N-methyl/N-ethyl adjacent to an activating group) is 1. The summed E-state index contributed by atoms with van der Waals surface area (Å²) in [6, 6.07) is 19.5. The van der Waals surface area contributed by atoms with E-state index in [1.165, 1.54) is 29.7 Å². The monoisotopic (exact) mass is 419 g/mol. The molecular weight excluding hydrogens is 382 g/mol. The highest BCUT2D eigenvalue weighted by Gasteiger charge is 2.22. The molecule has 0 radical (unpaired) electrons. The number of anilines is 1. The van der Waals surface area contributed by atoms with Gasteiger partial charge in [0, 0.05) is 57.8 Å². The molecule has 0 saturated carbocycles. The zero-order chi connectivity index (χ0) is 21.5. The first kappa shape index (κ1) is 22.0. The third kappa shape index (κ3) is 6.65. The SMILES string of the molecule is CN1CCN(c2ccc(CN3CCCC(CC(=O)CCc4ccccc4)C3)cc2)CC1. The van der Waals surface area contributed by atoms with Crippen LogP contribution in [0.15, 0.2) is 54.6 Å². The van der Waals surface area contributed by atoms with Gasteiger partial charge in [-0.05, 0) is 62.0 Å². The minimum absolute atomic E-state index is 0.423. The molecule has 1 unspecified atom stereocenters. The van der Waals surface area contributed by atoms with E-state index in [1.807, 2.05) is 6.07 Å².